The lowest BCUT2D eigenvalue weighted by Gasteiger charge is -2.05. The molecular weight excluding hydrogens is 244 g/mol. The largest absolute Gasteiger partial charge is 0.394 e. The van der Waals surface area contributed by atoms with Crippen LogP contribution in [0.25, 0.3) is 0 Å². The zero-order valence-electron chi connectivity index (χ0n) is 9.84. The topological polar surface area (TPSA) is 113 Å². The normalized spacial score (nSPS) is 10.6. The number of hydrogen-bond acceptors (Lipinski definition) is 4. The van der Waals surface area contributed by atoms with Crippen molar-refractivity contribution >= 4 is 10.4 Å². The summed E-state index contributed by atoms with van der Waals surface area (Å²) in [6.45, 7) is 5.08. The second-order valence-electron chi connectivity index (χ2n) is 3.58. The molecule has 5 N–H and O–H groups in total. The molecule has 0 bridgehead atoms. The lowest BCUT2D eigenvalue weighted by atomic mass is 10.0. The third-order valence-corrected chi connectivity index (χ3v) is 2.04. The van der Waals surface area contributed by atoms with Gasteiger partial charge >= 0.3 is 10.4 Å². The molecule has 0 aliphatic rings. The van der Waals surface area contributed by atoms with Crippen LogP contribution in [0.15, 0.2) is 18.2 Å². The molecule has 7 heteroatoms. The molecule has 1 aromatic carbocycles. The number of nitrogens with two attached hydrogens (primary N) is 1. The molecule has 0 fully saturated rings. The molecule has 0 aliphatic carbocycles. The van der Waals surface area contributed by atoms with E-state index in [1.165, 1.54) is 16.7 Å². The minimum Gasteiger partial charge on any atom is -0.271 e. The van der Waals surface area contributed by atoms with Crippen molar-refractivity contribution < 1.29 is 17.5 Å². The Kier molecular flexibility index (Phi) is 6.93. The van der Waals surface area contributed by atoms with Crippen molar-refractivity contribution in [2.45, 2.75) is 20.3 Å². The Morgan fingerprint density at radius 3 is 2.24 bits per heavy atom. The van der Waals surface area contributed by atoms with E-state index in [1.54, 1.807) is 0 Å². The van der Waals surface area contributed by atoms with Gasteiger partial charge in [-0.1, -0.05) is 23.8 Å². The first kappa shape index (κ1) is 16.0. The van der Waals surface area contributed by atoms with E-state index in [-0.39, 0.29) is 0 Å². The van der Waals surface area contributed by atoms with Crippen LogP contribution in [-0.4, -0.2) is 24.1 Å². The first-order valence-corrected chi connectivity index (χ1v) is 6.33. The van der Waals surface area contributed by atoms with Gasteiger partial charge in [-0.15, -0.1) is 0 Å². The van der Waals surface area contributed by atoms with Gasteiger partial charge in [-0.2, -0.15) is 8.42 Å². The van der Waals surface area contributed by atoms with E-state index in [9.17, 15) is 0 Å². The molecule has 98 valence electrons. The van der Waals surface area contributed by atoms with Crippen molar-refractivity contribution in [1.82, 2.24) is 5.43 Å². The maximum absolute atomic E-state index is 8.74. The minimum atomic E-state index is -4.67. The zero-order chi connectivity index (χ0) is 13.5. The maximum Gasteiger partial charge on any atom is 0.394 e. The van der Waals surface area contributed by atoms with E-state index in [2.05, 4.69) is 37.5 Å². The van der Waals surface area contributed by atoms with Crippen LogP contribution >= 0.6 is 0 Å². The Labute approximate surface area is 101 Å². The summed E-state index contributed by atoms with van der Waals surface area (Å²) in [4.78, 5) is 0. The van der Waals surface area contributed by atoms with Gasteiger partial charge in [-0.3, -0.25) is 20.4 Å². The molecule has 0 saturated carbocycles. The van der Waals surface area contributed by atoms with Crippen molar-refractivity contribution in [3.8, 4) is 0 Å². The summed E-state index contributed by atoms with van der Waals surface area (Å²) in [5, 5.41) is 0. The van der Waals surface area contributed by atoms with Gasteiger partial charge < -0.3 is 0 Å². The Morgan fingerprint density at radius 1 is 1.29 bits per heavy atom. The van der Waals surface area contributed by atoms with Gasteiger partial charge in [0.1, 0.15) is 0 Å². The fraction of sp³-hybridized carbons (Fsp3) is 0.400. The molecule has 17 heavy (non-hydrogen) atoms. The number of aryl methyl sites for hydroxylation is 2. The zero-order valence-corrected chi connectivity index (χ0v) is 10.7. The molecule has 0 spiro atoms. The summed E-state index contributed by atoms with van der Waals surface area (Å²) in [7, 11) is -4.67. The second-order valence-corrected chi connectivity index (χ2v) is 4.48. The standard InChI is InChI=1S/C10H16N2.H2O4S/c1-8-3-4-10(5-6-12-11)9(2)7-8;1-5(2,3)4/h3-4,7,12H,5-6,11H2,1-2H3;(H2,1,2,3,4). The van der Waals surface area contributed by atoms with Crippen LogP contribution in [0.4, 0.5) is 0 Å². The maximum atomic E-state index is 8.74. The molecule has 0 atom stereocenters. The number of hydrazine groups is 1. The van der Waals surface area contributed by atoms with E-state index in [0.717, 1.165) is 13.0 Å². The summed E-state index contributed by atoms with van der Waals surface area (Å²) in [5.41, 5.74) is 6.70. The SMILES string of the molecule is Cc1ccc(CCNN)c(C)c1.O=S(=O)(O)O. The van der Waals surface area contributed by atoms with E-state index in [0.29, 0.717) is 0 Å². The third-order valence-electron chi connectivity index (χ3n) is 2.04. The van der Waals surface area contributed by atoms with Crippen molar-refractivity contribution in [2.75, 3.05) is 6.54 Å². The predicted octanol–water partition coefficient (Wildman–Crippen LogP) is 0.656. The molecule has 1 aromatic rings. The van der Waals surface area contributed by atoms with Gasteiger partial charge in [0.05, 0.1) is 0 Å². The average Bonchev–Trinajstić information content (AvgIpc) is 2.14. The molecule has 0 aliphatic heterocycles. The molecule has 6 nitrogen and oxygen atoms in total. The predicted molar refractivity (Wildman–Crippen MR) is 66.0 cm³/mol. The van der Waals surface area contributed by atoms with Gasteiger partial charge in [-0.25, -0.2) is 0 Å². The van der Waals surface area contributed by atoms with Gasteiger partial charge in [0, 0.05) is 6.54 Å². The van der Waals surface area contributed by atoms with E-state index >= 15 is 0 Å². The Hall–Kier alpha value is -0.990. The molecule has 0 aromatic heterocycles. The fourth-order valence-electron chi connectivity index (χ4n) is 1.33. The highest BCUT2D eigenvalue weighted by molar-refractivity contribution is 7.79. The lowest BCUT2D eigenvalue weighted by molar-refractivity contribution is 0.381. The first-order chi connectivity index (χ1) is 7.74. The van der Waals surface area contributed by atoms with E-state index < -0.39 is 10.4 Å². The van der Waals surface area contributed by atoms with Crippen LogP contribution in [0.2, 0.25) is 0 Å². The quantitative estimate of drug-likeness (QED) is 0.361. The second kappa shape index (κ2) is 7.36. The number of nitrogens with one attached hydrogen (secondary N) is 1. The molecule has 1 rings (SSSR count). The smallest absolute Gasteiger partial charge is 0.271 e. The van der Waals surface area contributed by atoms with Gasteiger partial charge in [0.25, 0.3) is 0 Å². The van der Waals surface area contributed by atoms with Crippen LogP contribution < -0.4 is 11.3 Å². The van der Waals surface area contributed by atoms with Crippen LogP contribution in [0.5, 0.6) is 0 Å². The summed E-state index contributed by atoms with van der Waals surface area (Å²) < 4.78 is 31.6. The highest BCUT2D eigenvalue weighted by atomic mass is 32.3. The highest BCUT2D eigenvalue weighted by Crippen LogP contribution is 2.10. The molecule has 0 heterocycles. The fourth-order valence-corrected chi connectivity index (χ4v) is 1.33. The summed E-state index contributed by atoms with van der Waals surface area (Å²) in [6, 6.07) is 6.51. The Morgan fingerprint density at radius 2 is 1.82 bits per heavy atom. The van der Waals surface area contributed by atoms with Gasteiger partial charge in [0.15, 0.2) is 0 Å². The van der Waals surface area contributed by atoms with E-state index in [1.807, 2.05) is 0 Å². The van der Waals surface area contributed by atoms with Crippen LogP contribution in [-0.2, 0) is 16.8 Å². The van der Waals surface area contributed by atoms with Crippen molar-refractivity contribution in [3.05, 3.63) is 34.9 Å². The Balaban J connectivity index is 0.000000437. The summed E-state index contributed by atoms with van der Waals surface area (Å²) in [5.74, 6) is 5.21. The van der Waals surface area contributed by atoms with Gasteiger partial charge in [0.2, 0.25) is 0 Å². The van der Waals surface area contributed by atoms with Gasteiger partial charge in [-0.05, 0) is 31.4 Å². The molecule has 0 amide bonds. The Bertz CT molecular complexity index is 438. The average molecular weight is 262 g/mol. The molecule has 0 saturated heterocycles. The number of hydrogen-bond donors (Lipinski definition) is 4. The molecular formula is C10H18N2O4S. The number of benzene rings is 1. The van der Waals surface area contributed by atoms with Crippen molar-refractivity contribution in [3.63, 3.8) is 0 Å². The van der Waals surface area contributed by atoms with E-state index in [4.69, 9.17) is 23.4 Å². The molecule has 0 radical (unpaired) electrons. The molecule has 0 unspecified atom stereocenters. The van der Waals surface area contributed by atoms with Crippen molar-refractivity contribution in [1.29, 1.82) is 0 Å². The van der Waals surface area contributed by atoms with Crippen LogP contribution in [0.1, 0.15) is 16.7 Å². The summed E-state index contributed by atoms with van der Waals surface area (Å²) in [6.07, 6.45) is 1.00. The third kappa shape index (κ3) is 9.91. The first-order valence-electron chi connectivity index (χ1n) is 4.93. The lowest BCUT2D eigenvalue weighted by Crippen LogP contribution is -2.24. The van der Waals surface area contributed by atoms with Crippen LogP contribution in [0, 0.1) is 13.8 Å². The monoisotopic (exact) mass is 262 g/mol. The summed E-state index contributed by atoms with van der Waals surface area (Å²) >= 11 is 0. The van der Waals surface area contributed by atoms with Crippen LogP contribution in [0.3, 0.4) is 0 Å². The van der Waals surface area contributed by atoms with Crippen molar-refractivity contribution in [2.24, 2.45) is 5.84 Å². The minimum absolute atomic E-state index is 0.837. The number of rotatable bonds is 3. The highest BCUT2D eigenvalue weighted by Gasteiger charge is 1.96.